The van der Waals surface area contributed by atoms with E-state index in [0.717, 1.165) is 17.2 Å². The van der Waals surface area contributed by atoms with Crippen LogP contribution in [-0.4, -0.2) is 23.1 Å². The Hall–Kier alpha value is -1.36. The minimum atomic E-state index is -0.125. The van der Waals surface area contributed by atoms with Crippen molar-refractivity contribution in [1.82, 2.24) is 9.97 Å². The van der Waals surface area contributed by atoms with Crippen LogP contribution in [0.15, 0.2) is 0 Å². The van der Waals surface area contributed by atoms with Crippen LogP contribution in [0.3, 0.4) is 0 Å². The van der Waals surface area contributed by atoms with Gasteiger partial charge in [0.15, 0.2) is 0 Å². The molecule has 21 heavy (non-hydrogen) atoms. The Balaban J connectivity index is 3.41. The van der Waals surface area contributed by atoms with E-state index >= 15 is 0 Å². The number of hydrogen-bond donors (Lipinski definition) is 2. The van der Waals surface area contributed by atoms with Crippen LogP contribution < -0.4 is 16.2 Å². The third kappa shape index (κ3) is 3.84. The van der Waals surface area contributed by atoms with Crippen LogP contribution in [0.2, 0.25) is 0 Å². The van der Waals surface area contributed by atoms with E-state index in [1.54, 1.807) is 0 Å². The zero-order chi connectivity index (χ0) is 16.6. The van der Waals surface area contributed by atoms with Gasteiger partial charge in [-0.15, -0.1) is 0 Å². The van der Waals surface area contributed by atoms with Crippen molar-refractivity contribution in [2.24, 2.45) is 11.3 Å². The summed E-state index contributed by atoms with van der Waals surface area (Å²) < 4.78 is 0. The highest BCUT2D eigenvalue weighted by molar-refractivity contribution is 5.58. The fraction of sp³-hybridized carbons (Fsp3) is 0.750. The number of hydrogen-bond acceptors (Lipinski definition) is 5. The maximum atomic E-state index is 5.63. The third-order valence-corrected chi connectivity index (χ3v) is 4.10. The van der Waals surface area contributed by atoms with Gasteiger partial charge in [-0.05, 0) is 19.3 Å². The minimum Gasteiger partial charge on any atom is -0.356 e. The Bertz CT molecular complexity index is 497. The molecular weight excluding hydrogens is 262 g/mol. The summed E-state index contributed by atoms with van der Waals surface area (Å²) in [6, 6.07) is 0.338. The van der Waals surface area contributed by atoms with E-state index in [-0.39, 0.29) is 10.8 Å². The summed E-state index contributed by atoms with van der Waals surface area (Å²) in [6.07, 6.45) is 0. The molecule has 120 valence electrons. The topological polar surface area (TPSA) is 67.1 Å². The van der Waals surface area contributed by atoms with Gasteiger partial charge in [0.2, 0.25) is 0 Å². The summed E-state index contributed by atoms with van der Waals surface area (Å²) in [5.74, 6) is 8.06. The Labute approximate surface area is 129 Å². The first kappa shape index (κ1) is 17.7. The lowest BCUT2D eigenvalue weighted by molar-refractivity contribution is 0.328. The second kappa shape index (κ2) is 5.79. The molecule has 0 fully saturated rings. The van der Waals surface area contributed by atoms with Crippen molar-refractivity contribution in [3.63, 3.8) is 0 Å². The fourth-order valence-corrected chi connectivity index (χ4v) is 2.09. The summed E-state index contributed by atoms with van der Waals surface area (Å²) in [5, 5.41) is 0. The van der Waals surface area contributed by atoms with Crippen LogP contribution in [0.5, 0.6) is 0 Å². The van der Waals surface area contributed by atoms with Gasteiger partial charge < -0.3 is 10.3 Å². The van der Waals surface area contributed by atoms with E-state index < -0.39 is 0 Å². The minimum absolute atomic E-state index is 0.125. The van der Waals surface area contributed by atoms with Gasteiger partial charge in [-0.3, -0.25) is 0 Å². The summed E-state index contributed by atoms with van der Waals surface area (Å²) in [6.45, 7) is 17.2. The molecule has 3 N–H and O–H groups in total. The third-order valence-electron chi connectivity index (χ3n) is 4.10. The van der Waals surface area contributed by atoms with E-state index in [4.69, 9.17) is 10.8 Å². The first-order chi connectivity index (χ1) is 9.39. The maximum Gasteiger partial charge on any atom is 0.148 e. The van der Waals surface area contributed by atoms with Crippen LogP contribution in [-0.2, 0) is 5.41 Å². The molecule has 0 amide bonds. The molecule has 1 rings (SSSR count). The highest BCUT2D eigenvalue weighted by Crippen LogP contribution is 2.32. The van der Waals surface area contributed by atoms with Crippen LogP contribution >= 0.6 is 0 Å². The number of nitrogens with two attached hydrogens (primary N) is 1. The van der Waals surface area contributed by atoms with E-state index in [1.807, 2.05) is 6.92 Å². The summed E-state index contributed by atoms with van der Waals surface area (Å²) in [7, 11) is 2.08. The number of nitrogens with one attached hydrogen (secondary N) is 1. The molecule has 0 aromatic carbocycles. The van der Waals surface area contributed by atoms with Gasteiger partial charge in [-0.2, -0.15) is 0 Å². The van der Waals surface area contributed by atoms with E-state index in [2.05, 4.69) is 70.8 Å². The Morgan fingerprint density at radius 2 is 1.62 bits per heavy atom. The number of hydrazine groups is 1. The average Bonchev–Trinajstić information content (AvgIpc) is 2.34. The molecule has 1 unspecified atom stereocenters. The van der Waals surface area contributed by atoms with Gasteiger partial charge in [-0.25, -0.2) is 15.8 Å². The van der Waals surface area contributed by atoms with Crippen LogP contribution in [0.1, 0.15) is 59.9 Å². The Morgan fingerprint density at radius 1 is 1.10 bits per heavy atom. The molecule has 0 aliphatic carbocycles. The second-order valence-electron chi connectivity index (χ2n) is 7.89. The van der Waals surface area contributed by atoms with Crippen molar-refractivity contribution in [2.45, 2.75) is 66.8 Å². The summed E-state index contributed by atoms with van der Waals surface area (Å²) >= 11 is 0. The molecule has 0 saturated carbocycles. The lowest BCUT2D eigenvalue weighted by atomic mass is 9.87. The summed E-state index contributed by atoms with van der Waals surface area (Å²) in [5.41, 5.74) is 3.71. The molecule has 0 saturated heterocycles. The summed E-state index contributed by atoms with van der Waals surface area (Å²) in [4.78, 5) is 11.6. The van der Waals surface area contributed by atoms with Gasteiger partial charge >= 0.3 is 0 Å². The van der Waals surface area contributed by atoms with Crippen molar-refractivity contribution in [3.8, 4) is 0 Å². The smallest absolute Gasteiger partial charge is 0.148 e. The maximum absolute atomic E-state index is 5.63. The highest BCUT2D eigenvalue weighted by Gasteiger charge is 2.28. The molecule has 5 heteroatoms. The number of rotatable bonds is 3. The zero-order valence-electron chi connectivity index (χ0n) is 15.0. The standard InChI is InChI=1S/C16H31N5/c1-10-12(20-17)18-14(16(6,7)8)19-13(10)21(9)11(2)15(3,4)5/h11H,17H2,1-9H3,(H,18,19,20). The first-order valence-electron chi connectivity index (χ1n) is 7.48. The molecule has 0 bridgehead atoms. The lowest BCUT2D eigenvalue weighted by Gasteiger charge is -2.37. The zero-order valence-corrected chi connectivity index (χ0v) is 15.0. The monoisotopic (exact) mass is 293 g/mol. The molecule has 1 aromatic heterocycles. The molecule has 0 aliphatic heterocycles. The predicted molar refractivity (Wildman–Crippen MR) is 90.6 cm³/mol. The molecule has 1 atom stereocenters. The van der Waals surface area contributed by atoms with Gasteiger partial charge in [0, 0.05) is 24.1 Å². The molecule has 0 radical (unpaired) electrons. The van der Waals surface area contributed by atoms with Gasteiger partial charge in [-0.1, -0.05) is 41.5 Å². The molecule has 5 nitrogen and oxygen atoms in total. The van der Waals surface area contributed by atoms with Crippen LogP contribution in [0.4, 0.5) is 11.6 Å². The second-order valence-corrected chi connectivity index (χ2v) is 7.89. The van der Waals surface area contributed by atoms with E-state index in [9.17, 15) is 0 Å². The predicted octanol–water partition coefficient (Wildman–Crippen LogP) is 3.24. The van der Waals surface area contributed by atoms with E-state index in [1.165, 1.54) is 0 Å². The van der Waals surface area contributed by atoms with Gasteiger partial charge in [0.05, 0.1) is 0 Å². The molecule has 1 heterocycles. The van der Waals surface area contributed by atoms with Crippen LogP contribution in [0, 0.1) is 12.3 Å². The fourth-order valence-electron chi connectivity index (χ4n) is 2.09. The number of aromatic nitrogens is 2. The van der Waals surface area contributed by atoms with Crippen molar-refractivity contribution in [3.05, 3.63) is 11.4 Å². The molecule has 1 aromatic rings. The van der Waals surface area contributed by atoms with Crippen molar-refractivity contribution in [2.75, 3.05) is 17.4 Å². The highest BCUT2D eigenvalue weighted by atomic mass is 15.3. The van der Waals surface area contributed by atoms with Gasteiger partial charge in [0.25, 0.3) is 0 Å². The SMILES string of the molecule is Cc1c(NN)nc(C(C)(C)C)nc1N(C)C(C)C(C)(C)C. The van der Waals surface area contributed by atoms with Gasteiger partial charge in [0.1, 0.15) is 17.5 Å². The lowest BCUT2D eigenvalue weighted by Crippen LogP contribution is -2.40. The normalized spacial score (nSPS) is 14.0. The Morgan fingerprint density at radius 3 is 2.00 bits per heavy atom. The average molecular weight is 293 g/mol. The number of anilines is 2. The molecule has 0 aliphatic rings. The largest absolute Gasteiger partial charge is 0.356 e. The Kier molecular flexibility index (Phi) is 4.88. The number of nitrogens with zero attached hydrogens (tertiary/aromatic N) is 3. The van der Waals surface area contributed by atoms with Crippen molar-refractivity contribution < 1.29 is 0 Å². The van der Waals surface area contributed by atoms with Crippen molar-refractivity contribution in [1.29, 1.82) is 0 Å². The molecule has 0 spiro atoms. The van der Waals surface area contributed by atoms with Crippen LogP contribution in [0.25, 0.3) is 0 Å². The molecular formula is C16H31N5. The van der Waals surface area contributed by atoms with Crippen molar-refractivity contribution >= 4 is 11.6 Å². The number of nitrogen functional groups attached to an aromatic ring is 1. The quantitative estimate of drug-likeness (QED) is 0.661. The first-order valence-corrected chi connectivity index (χ1v) is 7.48. The van der Waals surface area contributed by atoms with E-state index in [0.29, 0.717) is 11.9 Å².